The number of hydrogen-bond acceptors (Lipinski definition) is 3. The second kappa shape index (κ2) is 7.53. The Morgan fingerprint density at radius 1 is 1.25 bits per heavy atom. The predicted molar refractivity (Wildman–Crippen MR) is 50.1 cm³/mol. The van der Waals surface area contributed by atoms with Crippen LogP contribution in [-0.4, -0.2) is 48.0 Å². The molecule has 0 saturated carbocycles. The maximum Gasteiger partial charge on any atom is 0.0558 e. The molecule has 0 fully saturated rings. The maximum absolute atomic E-state index is 8.83. The van der Waals surface area contributed by atoms with E-state index in [0.717, 1.165) is 26.1 Å². The van der Waals surface area contributed by atoms with E-state index in [1.54, 1.807) is 0 Å². The Morgan fingerprint density at radius 2 is 1.92 bits per heavy atom. The van der Waals surface area contributed by atoms with Gasteiger partial charge in [0.25, 0.3) is 0 Å². The number of aliphatic hydroxyl groups is 2. The van der Waals surface area contributed by atoms with Crippen molar-refractivity contribution in [1.29, 1.82) is 0 Å². The molecule has 0 rings (SSSR count). The lowest BCUT2D eigenvalue weighted by atomic mass is 10.2. The van der Waals surface area contributed by atoms with Gasteiger partial charge in [0.2, 0.25) is 0 Å². The van der Waals surface area contributed by atoms with Gasteiger partial charge >= 0.3 is 0 Å². The zero-order valence-corrected chi connectivity index (χ0v) is 8.16. The average molecular weight is 175 g/mol. The summed E-state index contributed by atoms with van der Waals surface area (Å²) in [6.45, 7) is 7.17. The first-order valence-corrected chi connectivity index (χ1v) is 4.68. The quantitative estimate of drug-likeness (QED) is 0.585. The lowest BCUT2D eigenvalue weighted by molar-refractivity contribution is 0.148. The Balaban J connectivity index is 3.61. The van der Waals surface area contributed by atoms with Crippen molar-refractivity contribution in [3.05, 3.63) is 0 Å². The molecular formula is C9H21NO2. The van der Waals surface area contributed by atoms with Crippen molar-refractivity contribution < 1.29 is 10.2 Å². The molecule has 0 spiro atoms. The summed E-state index contributed by atoms with van der Waals surface area (Å²) in [6, 6.07) is 0. The number of aliphatic hydroxyl groups excluding tert-OH is 2. The molecule has 0 aliphatic rings. The first-order valence-electron chi connectivity index (χ1n) is 4.68. The predicted octanol–water partition coefficient (Wildman–Crippen LogP) is 0.319. The molecule has 0 aliphatic heterocycles. The van der Waals surface area contributed by atoms with Gasteiger partial charge in [-0.25, -0.2) is 0 Å². The molecule has 12 heavy (non-hydrogen) atoms. The van der Waals surface area contributed by atoms with Gasteiger partial charge in [-0.3, -0.25) is 0 Å². The van der Waals surface area contributed by atoms with Gasteiger partial charge in [-0.05, 0) is 18.9 Å². The van der Waals surface area contributed by atoms with E-state index >= 15 is 0 Å². The van der Waals surface area contributed by atoms with Crippen LogP contribution in [0, 0.1) is 5.92 Å². The summed E-state index contributed by atoms with van der Waals surface area (Å²) in [6.07, 6.45) is 1.10. The molecule has 0 aliphatic carbocycles. The molecule has 1 unspecified atom stereocenters. The lowest BCUT2D eigenvalue weighted by Crippen LogP contribution is -2.33. The lowest BCUT2D eigenvalue weighted by Gasteiger charge is -2.23. The normalized spacial score (nSPS) is 13.8. The number of nitrogens with zero attached hydrogens (tertiary/aromatic N) is 1. The van der Waals surface area contributed by atoms with E-state index in [2.05, 4.69) is 11.8 Å². The molecular weight excluding hydrogens is 154 g/mol. The third kappa shape index (κ3) is 5.52. The van der Waals surface area contributed by atoms with Crippen molar-refractivity contribution in [2.24, 2.45) is 5.92 Å². The van der Waals surface area contributed by atoms with Gasteiger partial charge in [-0.1, -0.05) is 13.8 Å². The van der Waals surface area contributed by atoms with Crippen LogP contribution < -0.4 is 0 Å². The first-order chi connectivity index (χ1) is 5.74. The van der Waals surface area contributed by atoms with Crippen molar-refractivity contribution in [3.8, 4) is 0 Å². The molecule has 0 bridgehead atoms. The van der Waals surface area contributed by atoms with Gasteiger partial charge < -0.3 is 15.1 Å². The van der Waals surface area contributed by atoms with Gasteiger partial charge in [0.15, 0.2) is 0 Å². The Labute approximate surface area is 75.0 Å². The summed E-state index contributed by atoms with van der Waals surface area (Å²) in [5.41, 5.74) is 0. The van der Waals surface area contributed by atoms with Crippen LogP contribution in [0.1, 0.15) is 20.3 Å². The Morgan fingerprint density at radius 3 is 2.33 bits per heavy atom. The molecule has 0 radical (unpaired) electrons. The summed E-state index contributed by atoms with van der Waals surface area (Å²) >= 11 is 0. The minimum atomic E-state index is 0.206. The molecule has 0 aromatic carbocycles. The smallest absolute Gasteiger partial charge is 0.0558 e. The van der Waals surface area contributed by atoms with E-state index in [1.807, 2.05) is 6.92 Å². The SMILES string of the molecule is CCCN(CCO)CC(C)CO. The zero-order chi connectivity index (χ0) is 9.40. The fourth-order valence-corrected chi connectivity index (χ4v) is 1.25. The molecule has 3 nitrogen and oxygen atoms in total. The molecule has 1 atom stereocenters. The molecule has 0 amide bonds. The van der Waals surface area contributed by atoms with Crippen molar-refractivity contribution in [1.82, 2.24) is 4.90 Å². The summed E-state index contributed by atoms with van der Waals surface area (Å²) in [5, 5.41) is 17.6. The highest BCUT2D eigenvalue weighted by atomic mass is 16.3. The third-order valence-corrected chi connectivity index (χ3v) is 1.84. The minimum absolute atomic E-state index is 0.206. The van der Waals surface area contributed by atoms with Gasteiger partial charge in [-0.2, -0.15) is 0 Å². The Bertz CT molecular complexity index is 92.5. The van der Waals surface area contributed by atoms with Gasteiger partial charge in [0.1, 0.15) is 0 Å². The summed E-state index contributed by atoms with van der Waals surface area (Å²) < 4.78 is 0. The second-order valence-electron chi connectivity index (χ2n) is 3.31. The van der Waals surface area contributed by atoms with Crippen LogP contribution in [0.15, 0.2) is 0 Å². The molecule has 0 heterocycles. The molecule has 0 aromatic rings. The Kier molecular flexibility index (Phi) is 7.45. The van der Waals surface area contributed by atoms with Gasteiger partial charge in [0.05, 0.1) is 6.61 Å². The summed E-state index contributed by atoms with van der Waals surface area (Å²) in [5.74, 6) is 0.308. The second-order valence-corrected chi connectivity index (χ2v) is 3.31. The van der Waals surface area contributed by atoms with Crippen molar-refractivity contribution in [2.75, 3.05) is 32.8 Å². The summed E-state index contributed by atoms with van der Waals surface area (Å²) in [4.78, 5) is 2.18. The van der Waals surface area contributed by atoms with Crippen LogP contribution in [0.3, 0.4) is 0 Å². The van der Waals surface area contributed by atoms with Crippen LogP contribution in [0.2, 0.25) is 0 Å². The molecule has 2 N–H and O–H groups in total. The molecule has 3 heteroatoms. The molecule has 0 saturated heterocycles. The van der Waals surface area contributed by atoms with Crippen molar-refractivity contribution in [3.63, 3.8) is 0 Å². The monoisotopic (exact) mass is 175 g/mol. The van der Waals surface area contributed by atoms with Crippen LogP contribution in [0.25, 0.3) is 0 Å². The van der Waals surface area contributed by atoms with Gasteiger partial charge in [-0.15, -0.1) is 0 Å². The van der Waals surface area contributed by atoms with Crippen LogP contribution in [-0.2, 0) is 0 Å². The Hall–Kier alpha value is -0.120. The summed E-state index contributed by atoms with van der Waals surface area (Å²) in [7, 11) is 0. The average Bonchev–Trinajstić information content (AvgIpc) is 2.05. The van der Waals surface area contributed by atoms with Crippen molar-refractivity contribution >= 4 is 0 Å². The van der Waals surface area contributed by atoms with E-state index in [4.69, 9.17) is 10.2 Å². The zero-order valence-electron chi connectivity index (χ0n) is 8.16. The van der Waals surface area contributed by atoms with E-state index in [9.17, 15) is 0 Å². The van der Waals surface area contributed by atoms with E-state index in [-0.39, 0.29) is 13.2 Å². The van der Waals surface area contributed by atoms with Crippen molar-refractivity contribution in [2.45, 2.75) is 20.3 Å². The topological polar surface area (TPSA) is 43.7 Å². The van der Waals surface area contributed by atoms with E-state index in [1.165, 1.54) is 0 Å². The largest absolute Gasteiger partial charge is 0.396 e. The standard InChI is InChI=1S/C9H21NO2/c1-3-4-10(5-6-11)7-9(2)8-12/h9,11-12H,3-8H2,1-2H3. The third-order valence-electron chi connectivity index (χ3n) is 1.84. The van der Waals surface area contributed by atoms with E-state index < -0.39 is 0 Å². The number of rotatable bonds is 7. The van der Waals surface area contributed by atoms with Crippen LogP contribution in [0.5, 0.6) is 0 Å². The highest BCUT2D eigenvalue weighted by Crippen LogP contribution is 1.99. The minimum Gasteiger partial charge on any atom is -0.396 e. The van der Waals surface area contributed by atoms with Gasteiger partial charge in [0, 0.05) is 19.7 Å². The van der Waals surface area contributed by atoms with Crippen LogP contribution in [0.4, 0.5) is 0 Å². The highest BCUT2D eigenvalue weighted by Gasteiger charge is 2.07. The number of hydrogen-bond donors (Lipinski definition) is 2. The fourth-order valence-electron chi connectivity index (χ4n) is 1.25. The fraction of sp³-hybridized carbons (Fsp3) is 1.00. The van der Waals surface area contributed by atoms with Crippen LogP contribution >= 0.6 is 0 Å². The molecule has 0 aromatic heterocycles. The maximum atomic E-state index is 8.83. The van der Waals surface area contributed by atoms with E-state index in [0.29, 0.717) is 5.92 Å². The first kappa shape index (κ1) is 11.9. The molecule has 74 valence electrons. The highest BCUT2D eigenvalue weighted by molar-refractivity contribution is 4.60.